The van der Waals surface area contributed by atoms with Crippen molar-refractivity contribution in [2.45, 2.75) is 20.0 Å². The molecule has 0 aromatic heterocycles. The third-order valence-electron chi connectivity index (χ3n) is 1.06. The summed E-state index contributed by atoms with van der Waals surface area (Å²) < 4.78 is 20.6. The lowest BCUT2D eigenvalue weighted by Gasteiger charge is -2.15. The van der Waals surface area contributed by atoms with Crippen molar-refractivity contribution in [2.24, 2.45) is 0 Å². The molecule has 12 heavy (non-hydrogen) atoms. The van der Waals surface area contributed by atoms with Crippen molar-refractivity contribution in [3.05, 3.63) is 0 Å². The van der Waals surface area contributed by atoms with Gasteiger partial charge in [0.15, 0.2) is 6.10 Å². The minimum atomic E-state index is -3.18. The summed E-state index contributed by atoms with van der Waals surface area (Å²) in [5, 5.41) is 8.41. The van der Waals surface area contributed by atoms with E-state index in [9.17, 15) is 9.36 Å². The summed E-state index contributed by atoms with van der Waals surface area (Å²) in [6.07, 6.45) is -1.10. The SMILES string of the molecule is CCOP(C)(=O)OC(C)C(=O)O. The number of carboxylic acids is 1. The molecule has 2 atom stereocenters. The van der Waals surface area contributed by atoms with Crippen LogP contribution in [-0.2, 0) is 18.4 Å². The van der Waals surface area contributed by atoms with Gasteiger partial charge in [-0.3, -0.25) is 9.09 Å². The van der Waals surface area contributed by atoms with E-state index in [1.165, 1.54) is 13.6 Å². The van der Waals surface area contributed by atoms with Crippen molar-refractivity contribution in [3.8, 4) is 0 Å². The maximum atomic E-state index is 11.2. The molecule has 1 N–H and O–H groups in total. The number of hydrogen-bond acceptors (Lipinski definition) is 4. The van der Waals surface area contributed by atoms with E-state index in [2.05, 4.69) is 4.52 Å². The Hall–Kier alpha value is -0.380. The molecule has 5 nitrogen and oxygen atoms in total. The van der Waals surface area contributed by atoms with Crippen LogP contribution >= 0.6 is 7.60 Å². The van der Waals surface area contributed by atoms with Crippen LogP contribution in [0.5, 0.6) is 0 Å². The van der Waals surface area contributed by atoms with Gasteiger partial charge in [-0.25, -0.2) is 4.79 Å². The van der Waals surface area contributed by atoms with E-state index >= 15 is 0 Å². The second-order valence-electron chi connectivity index (χ2n) is 2.27. The Balaban J connectivity index is 4.05. The molecule has 0 spiro atoms. The van der Waals surface area contributed by atoms with Gasteiger partial charge in [0.2, 0.25) is 0 Å². The predicted octanol–water partition coefficient (Wildman–Crippen LogP) is 1.34. The monoisotopic (exact) mass is 196 g/mol. The largest absolute Gasteiger partial charge is 0.479 e. The summed E-state index contributed by atoms with van der Waals surface area (Å²) in [5.74, 6) is -1.16. The van der Waals surface area contributed by atoms with Crippen molar-refractivity contribution in [2.75, 3.05) is 13.3 Å². The molecule has 2 unspecified atom stereocenters. The molecule has 0 saturated carbocycles. The maximum Gasteiger partial charge on any atom is 0.333 e. The number of aliphatic carboxylic acids is 1. The van der Waals surface area contributed by atoms with Crippen molar-refractivity contribution >= 4 is 13.6 Å². The summed E-state index contributed by atoms with van der Waals surface area (Å²) in [5.41, 5.74) is 0. The third-order valence-corrected chi connectivity index (χ3v) is 2.49. The van der Waals surface area contributed by atoms with Crippen LogP contribution in [0.3, 0.4) is 0 Å². The Bertz CT molecular complexity index is 202. The lowest BCUT2D eigenvalue weighted by atomic mass is 10.4. The van der Waals surface area contributed by atoms with Crippen molar-refractivity contribution in [3.63, 3.8) is 0 Å². The Kier molecular flexibility index (Phi) is 4.45. The fraction of sp³-hybridized carbons (Fsp3) is 0.833. The van der Waals surface area contributed by atoms with Gasteiger partial charge in [0.05, 0.1) is 6.61 Å². The van der Waals surface area contributed by atoms with Gasteiger partial charge in [-0.05, 0) is 13.8 Å². The van der Waals surface area contributed by atoms with Gasteiger partial charge in [-0.2, -0.15) is 0 Å². The second-order valence-corrected chi connectivity index (χ2v) is 4.29. The molecule has 72 valence electrons. The first-order valence-electron chi connectivity index (χ1n) is 3.52. The van der Waals surface area contributed by atoms with Gasteiger partial charge < -0.3 is 9.63 Å². The quantitative estimate of drug-likeness (QED) is 0.671. The standard InChI is InChI=1S/C6H13O5P/c1-4-10-12(3,9)11-5(2)6(7)8/h5H,4H2,1-3H3,(H,7,8). The molecule has 0 heterocycles. The minimum Gasteiger partial charge on any atom is -0.479 e. The van der Waals surface area contributed by atoms with Crippen LogP contribution in [0.4, 0.5) is 0 Å². The molecule has 0 radical (unpaired) electrons. The van der Waals surface area contributed by atoms with Crippen LogP contribution in [0.15, 0.2) is 0 Å². The molecule has 0 aromatic carbocycles. The Morgan fingerprint density at radius 2 is 2.17 bits per heavy atom. The summed E-state index contributed by atoms with van der Waals surface area (Å²) in [6, 6.07) is 0. The first-order valence-corrected chi connectivity index (χ1v) is 5.51. The van der Waals surface area contributed by atoms with Gasteiger partial charge in [-0.15, -0.1) is 0 Å². The highest BCUT2D eigenvalue weighted by atomic mass is 31.2. The fourth-order valence-corrected chi connectivity index (χ4v) is 1.79. The highest BCUT2D eigenvalue weighted by molar-refractivity contribution is 7.53. The van der Waals surface area contributed by atoms with Crippen molar-refractivity contribution in [1.82, 2.24) is 0 Å². The first-order chi connectivity index (χ1) is 5.39. The second kappa shape index (κ2) is 4.60. The van der Waals surface area contributed by atoms with E-state index in [0.29, 0.717) is 0 Å². The summed E-state index contributed by atoms with van der Waals surface area (Å²) in [7, 11) is -3.18. The van der Waals surface area contributed by atoms with E-state index in [-0.39, 0.29) is 6.61 Å². The molecule has 0 aliphatic rings. The van der Waals surface area contributed by atoms with Crippen LogP contribution in [0.1, 0.15) is 13.8 Å². The Morgan fingerprint density at radius 1 is 1.67 bits per heavy atom. The van der Waals surface area contributed by atoms with Gasteiger partial charge in [0.1, 0.15) is 0 Å². The lowest BCUT2D eigenvalue weighted by molar-refractivity contribution is -0.144. The third kappa shape index (κ3) is 4.49. The zero-order valence-electron chi connectivity index (χ0n) is 7.31. The molecule has 0 aliphatic heterocycles. The topological polar surface area (TPSA) is 72.8 Å². The van der Waals surface area contributed by atoms with Gasteiger partial charge in [0, 0.05) is 6.66 Å². The molecular formula is C6H13O5P. The zero-order chi connectivity index (χ0) is 9.78. The highest BCUT2D eigenvalue weighted by Gasteiger charge is 2.23. The molecule has 0 saturated heterocycles. The van der Waals surface area contributed by atoms with Crippen LogP contribution in [0.25, 0.3) is 0 Å². The average molecular weight is 196 g/mol. The van der Waals surface area contributed by atoms with E-state index in [4.69, 9.17) is 9.63 Å². The van der Waals surface area contributed by atoms with Crippen molar-refractivity contribution in [1.29, 1.82) is 0 Å². The highest BCUT2D eigenvalue weighted by Crippen LogP contribution is 2.44. The Morgan fingerprint density at radius 3 is 2.50 bits per heavy atom. The molecule has 0 aromatic rings. The normalized spacial score (nSPS) is 18.2. The molecule has 0 rings (SSSR count). The average Bonchev–Trinajstić information content (AvgIpc) is 1.85. The molecule has 6 heteroatoms. The summed E-state index contributed by atoms with van der Waals surface area (Å²) in [6.45, 7) is 4.44. The molecule has 0 fully saturated rings. The molecule has 0 bridgehead atoms. The summed E-state index contributed by atoms with van der Waals surface area (Å²) >= 11 is 0. The fourth-order valence-electron chi connectivity index (χ4n) is 0.597. The number of hydrogen-bond donors (Lipinski definition) is 1. The number of rotatable bonds is 5. The van der Waals surface area contributed by atoms with Crippen LogP contribution in [-0.4, -0.2) is 30.5 Å². The van der Waals surface area contributed by atoms with Crippen LogP contribution < -0.4 is 0 Å². The van der Waals surface area contributed by atoms with Crippen molar-refractivity contribution < 1.29 is 23.5 Å². The predicted molar refractivity (Wildman–Crippen MR) is 43.3 cm³/mol. The van der Waals surface area contributed by atoms with Crippen LogP contribution in [0.2, 0.25) is 0 Å². The molecule has 0 aliphatic carbocycles. The van der Waals surface area contributed by atoms with Gasteiger partial charge >= 0.3 is 13.6 Å². The van der Waals surface area contributed by atoms with Gasteiger partial charge in [-0.1, -0.05) is 0 Å². The lowest BCUT2D eigenvalue weighted by Crippen LogP contribution is -2.18. The van der Waals surface area contributed by atoms with E-state index < -0.39 is 19.7 Å². The molecular weight excluding hydrogens is 183 g/mol. The van der Waals surface area contributed by atoms with Gasteiger partial charge in [0.25, 0.3) is 0 Å². The first kappa shape index (κ1) is 11.6. The maximum absolute atomic E-state index is 11.2. The van der Waals surface area contributed by atoms with E-state index in [1.54, 1.807) is 6.92 Å². The van der Waals surface area contributed by atoms with Crippen LogP contribution in [0, 0.1) is 0 Å². The minimum absolute atomic E-state index is 0.236. The van der Waals surface area contributed by atoms with E-state index in [0.717, 1.165) is 0 Å². The van der Waals surface area contributed by atoms with E-state index in [1.807, 2.05) is 0 Å². The number of carbonyl (C=O) groups is 1. The molecule has 0 amide bonds. The zero-order valence-corrected chi connectivity index (χ0v) is 8.21. The number of carboxylic acid groups (broad SMARTS) is 1. The summed E-state index contributed by atoms with van der Waals surface area (Å²) in [4.78, 5) is 10.3. The smallest absolute Gasteiger partial charge is 0.333 e. The Labute approximate surface area is 71.2 Å².